The number of hydrogen-bond donors (Lipinski definition) is 1. The van der Waals surface area contributed by atoms with Crippen LogP contribution in [0.3, 0.4) is 0 Å². The minimum atomic E-state index is -0.856. The molecule has 16 heavy (non-hydrogen) atoms. The molecule has 0 saturated heterocycles. The third-order valence-electron chi connectivity index (χ3n) is 2.00. The summed E-state index contributed by atoms with van der Waals surface area (Å²) in [4.78, 5) is 20.3. The molecule has 1 heterocycles. The fourth-order valence-electron chi connectivity index (χ4n) is 1.27. The highest BCUT2D eigenvalue weighted by Crippen LogP contribution is 1.99. The molecule has 0 atom stereocenters. The minimum Gasteiger partial charge on any atom is -0.480 e. The minimum absolute atomic E-state index is 0.0205. The lowest BCUT2D eigenvalue weighted by atomic mass is 10.3. The number of rotatable bonds is 7. The molecule has 0 bridgehead atoms. The van der Waals surface area contributed by atoms with Crippen molar-refractivity contribution in [3.05, 3.63) is 24.3 Å². The number of methoxy groups -OCH3 is 1. The summed E-state index contributed by atoms with van der Waals surface area (Å²) in [5.74, 6) is -0.856. The molecule has 0 radical (unpaired) electrons. The Hall–Kier alpha value is -1.53. The van der Waals surface area contributed by atoms with Crippen LogP contribution >= 0.6 is 0 Å². The van der Waals surface area contributed by atoms with Crippen molar-refractivity contribution in [1.29, 1.82) is 0 Å². The van der Waals surface area contributed by atoms with E-state index in [9.17, 15) is 4.79 Å². The molecule has 6 heteroatoms. The Bertz CT molecular complexity index is 318. The van der Waals surface area contributed by atoms with E-state index in [1.165, 1.54) is 6.33 Å². The van der Waals surface area contributed by atoms with Crippen LogP contribution in [0.5, 0.6) is 0 Å². The van der Waals surface area contributed by atoms with Crippen LogP contribution in [0.4, 0.5) is 0 Å². The van der Waals surface area contributed by atoms with Crippen molar-refractivity contribution in [2.75, 3.05) is 26.8 Å². The van der Waals surface area contributed by atoms with Crippen molar-refractivity contribution in [3.8, 4) is 0 Å². The molecule has 6 nitrogen and oxygen atoms in total. The number of aromatic nitrogens is 2. The van der Waals surface area contributed by atoms with E-state index in [2.05, 4.69) is 9.97 Å². The molecule has 1 rings (SSSR count). The van der Waals surface area contributed by atoms with Crippen LogP contribution in [0.1, 0.15) is 5.69 Å². The zero-order chi connectivity index (χ0) is 11.8. The standard InChI is InChI=1S/C10H15N3O3/c1-16-5-4-13(7-10(14)15)6-9-2-3-11-8-12-9/h2-3,8H,4-7H2,1H3,(H,14,15). The number of carboxylic acids is 1. The van der Waals surface area contributed by atoms with E-state index in [4.69, 9.17) is 9.84 Å². The van der Waals surface area contributed by atoms with E-state index >= 15 is 0 Å². The Morgan fingerprint density at radius 2 is 2.44 bits per heavy atom. The van der Waals surface area contributed by atoms with E-state index in [0.29, 0.717) is 19.7 Å². The summed E-state index contributed by atoms with van der Waals surface area (Å²) in [5, 5.41) is 8.75. The summed E-state index contributed by atoms with van der Waals surface area (Å²) in [6.07, 6.45) is 3.09. The van der Waals surface area contributed by atoms with Crippen LogP contribution in [0.15, 0.2) is 18.6 Å². The highest BCUT2D eigenvalue weighted by Gasteiger charge is 2.10. The number of hydrogen-bond acceptors (Lipinski definition) is 5. The lowest BCUT2D eigenvalue weighted by Crippen LogP contribution is -2.32. The van der Waals surface area contributed by atoms with Gasteiger partial charge in [0.15, 0.2) is 0 Å². The Labute approximate surface area is 93.9 Å². The van der Waals surface area contributed by atoms with Crippen LogP contribution in [-0.2, 0) is 16.1 Å². The second kappa shape index (κ2) is 6.86. The molecule has 1 aromatic rings. The van der Waals surface area contributed by atoms with Crippen LogP contribution in [0.2, 0.25) is 0 Å². The SMILES string of the molecule is COCCN(CC(=O)O)Cc1ccncn1. The number of carbonyl (C=O) groups is 1. The summed E-state index contributed by atoms with van der Waals surface area (Å²) in [6.45, 7) is 1.52. The summed E-state index contributed by atoms with van der Waals surface area (Å²) < 4.78 is 4.92. The Kier molecular flexibility index (Phi) is 5.38. The van der Waals surface area contributed by atoms with Gasteiger partial charge in [-0.3, -0.25) is 9.69 Å². The number of aliphatic carboxylic acids is 1. The first-order valence-electron chi connectivity index (χ1n) is 4.90. The Morgan fingerprint density at radius 3 is 3.00 bits per heavy atom. The van der Waals surface area contributed by atoms with Crippen molar-refractivity contribution >= 4 is 5.97 Å². The van der Waals surface area contributed by atoms with Gasteiger partial charge in [0.1, 0.15) is 6.33 Å². The van der Waals surface area contributed by atoms with Crippen LogP contribution in [-0.4, -0.2) is 52.7 Å². The maximum Gasteiger partial charge on any atom is 0.317 e. The molecule has 0 spiro atoms. The monoisotopic (exact) mass is 225 g/mol. The largest absolute Gasteiger partial charge is 0.480 e. The molecular weight excluding hydrogens is 210 g/mol. The van der Waals surface area contributed by atoms with Crippen molar-refractivity contribution < 1.29 is 14.6 Å². The first kappa shape index (κ1) is 12.5. The van der Waals surface area contributed by atoms with Gasteiger partial charge in [0.25, 0.3) is 0 Å². The molecule has 0 aliphatic carbocycles. The van der Waals surface area contributed by atoms with Crippen molar-refractivity contribution in [2.24, 2.45) is 0 Å². The predicted octanol–water partition coefficient (Wildman–Crippen LogP) is 0.00960. The van der Waals surface area contributed by atoms with E-state index in [1.807, 2.05) is 0 Å². The smallest absolute Gasteiger partial charge is 0.317 e. The zero-order valence-corrected chi connectivity index (χ0v) is 9.17. The number of carboxylic acid groups (broad SMARTS) is 1. The highest BCUT2D eigenvalue weighted by molar-refractivity contribution is 5.69. The van der Waals surface area contributed by atoms with Crippen LogP contribution in [0.25, 0.3) is 0 Å². The molecule has 0 fully saturated rings. The third-order valence-corrected chi connectivity index (χ3v) is 2.00. The van der Waals surface area contributed by atoms with Gasteiger partial charge in [-0.05, 0) is 6.07 Å². The first-order valence-corrected chi connectivity index (χ1v) is 4.90. The summed E-state index contributed by atoms with van der Waals surface area (Å²) in [7, 11) is 1.59. The molecule has 0 amide bonds. The third kappa shape index (κ3) is 4.81. The lowest BCUT2D eigenvalue weighted by molar-refractivity contribution is -0.138. The molecule has 0 aliphatic rings. The quantitative estimate of drug-likeness (QED) is 0.704. The van der Waals surface area contributed by atoms with Gasteiger partial charge in [0, 0.05) is 26.4 Å². The number of nitrogens with zero attached hydrogens (tertiary/aromatic N) is 3. The molecule has 0 unspecified atom stereocenters. The molecule has 1 N–H and O–H groups in total. The molecule has 0 aromatic carbocycles. The van der Waals surface area contributed by atoms with Crippen LogP contribution in [0, 0.1) is 0 Å². The van der Waals surface area contributed by atoms with Gasteiger partial charge in [0.05, 0.1) is 18.8 Å². The first-order chi connectivity index (χ1) is 7.72. The van der Waals surface area contributed by atoms with Crippen molar-refractivity contribution in [2.45, 2.75) is 6.54 Å². The van der Waals surface area contributed by atoms with E-state index < -0.39 is 5.97 Å². The summed E-state index contributed by atoms with van der Waals surface area (Å²) in [5.41, 5.74) is 0.798. The van der Waals surface area contributed by atoms with E-state index in [1.54, 1.807) is 24.3 Å². The number of ether oxygens (including phenoxy) is 1. The second-order valence-electron chi connectivity index (χ2n) is 3.30. The molecule has 1 aromatic heterocycles. The molecule has 0 aliphatic heterocycles. The predicted molar refractivity (Wildman–Crippen MR) is 56.8 cm³/mol. The molecule has 0 saturated carbocycles. The summed E-state index contributed by atoms with van der Waals surface area (Å²) >= 11 is 0. The maximum atomic E-state index is 10.6. The van der Waals surface area contributed by atoms with Gasteiger partial charge in [-0.2, -0.15) is 0 Å². The van der Waals surface area contributed by atoms with Gasteiger partial charge >= 0.3 is 5.97 Å². The Balaban J connectivity index is 2.52. The highest BCUT2D eigenvalue weighted by atomic mass is 16.5. The van der Waals surface area contributed by atoms with Gasteiger partial charge in [-0.15, -0.1) is 0 Å². The maximum absolute atomic E-state index is 10.6. The van der Waals surface area contributed by atoms with Gasteiger partial charge in [-0.25, -0.2) is 9.97 Å². The van der Waals surface area contributed by atoms with Gasteiger partial charge in [-0.1, -0.05) is 0 Å². The zero-order valence-electron chi connectivity index (χ0n) is 9.17. The Morgan fingerprint density at radius 1 is 1.62 bits per heavy atom. The fourth-order valence-corrected chi connectivity index (χ4v) is 1.27. The van der Waals surface area contributed by atoms with Gasteiger partial charge < -0.3 is 9.84 Å². The molecule has 88 valence electrons. The van der Waals surface area contributed by atoms with Gasteiger partial charge in [0.2, 0.25) is 0 Å². The average Bonchev–Trinajstić information content (AvgIpc) is 2.26. The molecular formula is C10H15N3O3. The van der Waals surface area contributed by atoms with Crippen LogP contribution < -0.4 is 0 Å². The summed E-state index contributed by atoms with van der Waals surface area (Å²) in [6, 6.07) is 1.77. The topological polar surface area (TPSA) is 75.5 Å². The normalized spacial score (nSPS) is 10.6. The average molecular weight is 225 g/mol. The van der Waals surface area contributed by atoms with E-state index in [0.717, 1.165) is 5.69 Å². The van der Waals surface area contributed by atoms with Crippen molar-refractivity contribution in [3.63, 3.8) is 0 Å². The van der Waals surface area contributed by atoms with Crippen molar-refractivity contribution in [1.82, 2.24) is 14.9 Å². The van der Waals surface area contributed by atoms with E-state index in [-0.39, 0.29) is 6.54 Å². The lowest BCUT2D eigenvalue weighted by Gasteiger charge is -2.18. The fraction of sp³-hybridized carbons (Fsp3) is 0.500. The second-order valence-corrected chi connectivity index (χ2v) is 3.30.